The van der Waals surface area contributed by atoms with Crippen molar-refractivity contribution in [2.75, 3.05) is 0 Å². The topological polar surface area (TPSA) is 52.6 Å². The Morgan fingerprint density at radius 1 is 0.425 bits per heavy atom. The molecule has 6 rings (SSSR count). The lowest BCUT2D eigenvalue weighted by Gasteiger charge is -2.22. The molecule has 0 fully saturated rings. The summed E-state index contributed by atoms with van der Waals surface area (Å²) in [5, 5.41) is 7.49. The van der Waals surface area contributed by atoms with Crippen LogP contribution in [-0.4, -0.2) is 11.9 Å². The zero-order valence-electron chi connectivity index (χ0n) is 23.6. The highest BCUT2D eigenvalue weighted by molar-refractivity contribution is 6.27. The molecule has 0 aliphatic rings. The first kappa shape index (κ1) is 25.6. The Labute approximate surface area is 233 Å². The van der Waals surface area contributed by atoms with Gasteiger partial charge in [-0.2, -0.15) is 0 Å². The summed E-state index contributed by atoms with van der Waals surface area (Å²) in [6.07, 6.45) is 0. The Bertz CT molecular complexity index is 1900. The van der Waals surface area contributed by atoms with Crippen LogP contribution < -0.4 is 9.47 Å². The molecule has 0 saturated carbocycles. The maximum absolute atomic E-state index is 12.3. The van der Waals surface area contributed by atoms with Gasteiger partial charge < -0.3 is 9.47 Å². The second-order valence-electron chi connectivity index (χ2n) is 10.8. The number of rotatable bonds is 3. The summed E-state index contributed by atoms with van der Waals surface area (Å²) in [4.78, 5) is 24.6. The summed E-state index contributed by atoms with van der Waals surface area (Å²) in [5.41, 5.74) is 6.47. The van der Waals surface area contributed by atoms with Crippen LogP contribution in [0.2, 0.25) is 0 Å². The quantitative estimate of drug-likeness (QED) is 0.131. The highest BCUT2D eigenvalue weighted by Crippen LogP contribution is 2.50. The normalized spacial score (nSPS) is 11.4. The van der Waals surface area contributed by atoms with Crippen molar-refractivity contribution in [3.63, 3.8) is 0 Å². The molecule has 0 aromatic heterocycles. The van der Waals surface area contributed by atoms with Gasteiger partial charge in [-0.3, -0.25) is 9.59 Å². The van der Waals surface area contributed by atoms with Gasteiger partial charge in [0.2, 0.25) is 0 Å². The van der Waals surface area contributed by atoms with Gasteiger partial charge in [0.1, 0.15) is 11.5 Å². The molecule has 0 saturated heterocycles. The van der Waals surface area contributed by atoms with Crippen LogP contribution in [-0.2, 0) is 9.59 Å². The van der Waals surface area contributed by atoms with Crippen LogP contribution in [0, 0.1) is 27.7 Å². The number of hydrogen-bond donors (Lipinski definition) is 0. The number of ether oxygens (including phenoxy) is 2. The van der Waals surface area contributed by atoms with Gasteiger partial charge in [0, 0.05) is 35.4 Å². The van der Waals surface area contributed by atoms with Crippen molar-refractivity contribution in [1.29, 1.82) is 0 Å². The summed E-state index contributed by atoms with van der Waals surface area (Å²) in [5.74, 6) is 0.430. The van der Waals surface area contributed by atoms with Crippen LogP contribution in [0.25, 0.3) is 54.2 Å². The Hall–Kier alpha value is -4.70. The zero-order chi connectivity index (χ0) is 28.3. The third-order valence-corrected chi connectivity index (χ3v) is 7.50. The number of carbonyl (C=O) groups is 2. The molecular formula is C36H30O4. The minimum absolute atomic E-state index is 0.356. The maximum atomic E-state index is 12.3. The number of aryl methyl sites for hydroxylation is 4. The van der Waals surface area contributed by atoms with E-state index in [4.69, 9.17) is 9.47 Å². The Kier molecular flexibility index (Phi) is 6.07. The molecule has 0 N–H and O–H groups in total. The van der Waals surface area contributed by atoms with Gasteiger partial charge in [0.15, 0.2) is 0 Å². The molecule has 0 radical (unpaired) electrons. The number of carbonyl (C=O) groups excluding carboxylic acids is 2. The second-order valence-corrected chi connectivity index (χ2v) is 10.8. The molecule has 0 bridgehead atoms. The van der Waals surface area contributed by atoms with Crippen molar-refractivity contribution in [1.82, 2.24) is 0 Å². The fraction of sp³-hybridized carbons (Fsp3) is 0.167. The predicted molar refractivity (Wildman–Crippen MR) is 163 cm³/mol. The highest BCUT2D eigenvalue weighted by Gasteiger charge is 2.24. The second kappa shape index (κ2) is 9.49. The van der Waals surface area contributed by atoms with Crippen molar-refractivity contribution in [3.8, 4) is 22.6 Å². The van der Waals surface area contributed by atoms with Crippen molar-refractivity contribution in [3.05, 3.63) is 95.1 Å². The SMILES string of the molecule is CC(=O)Oc1c2cc(C)ccc2c(-c2c3ccc(C)cc3c(OC(C)=O)c3ccc(C)cc23)c2cc(C)ccc12. The first-order valence-corrected chi connectivity index (χ1v) is 13.4. The molecule has 4 nitrogen and oxygen atoms in total. The maximum Gasteiger partial charge on any atom is 0.308 e. The summed E-state index contributed by atoms with van der Waals surface area (Å²) in [6.45, 7) is 11.1. The van der Waals surface area contributed by atoms with Crippen molar-refractivity contribution in [2.45, 2.75) is 41.5 Å². The van der Waals surface area contributed by atoms with Gasteiger partial charge in [0.05, 0.1) is 0 Å². The standard InChI is InChI=1S/C36H30O4/c1-19-9-13-27-29(15-19)33(25-11-7-21(3)17-31(25)35(27)39-23(5)37)34-26-12-8-22(4)18-32(26)36(40-24(6)38)28-14-10-20(2)16-30(28)34/h7-18H,1-6H3. The van der Waals surface area contributed by atoms with Gasteiger partial charge in [0.25, 0.3) is 0 Å². The van der Waals surface area contributed by atoms with Crippen LogP contribution in [0.4, 0.5) is 0 Å². The Balaban J connectivity index is 1.93. The van der Waals surface area contributed by atoms with Crippen molar-refractivity contribution in [2.24, 2.45) is 0 Å². The summed E-state index contributed by atoms with van der Waals surface area (Å²) in [6, 6.07) is 25.1. The van der Waals surface area contributed by atoms with E-state index in [1.165, 1.54) is 13.8 Å². The lowest BCUT2D eigenvalue weighted by Crippen LogP contribution is -2.05. The number of fused-ring (bicyclic) bond motifs is 4. The molecule has 198 valence electrons. The lowest BCUT2D eigenvalue weighted by atomic mass is 9.84. The van der Waals surface area contributed by atoms with E-state index in [0.717, 1.165) is 76.5 Å². The predicted octanol–water partition coefficient (Wildman–Crippen LogP) is 9.05. The van der Waals surface area contributed by atoms with Crippen LogP contribution in [0.1, 0.15) is 36.1 Å². The number of benzene rings is 6. The van der Waals surface area contributed by atoms with Crippen molar-refractivity contribution >= 4 is 55.0 Å². The van der Waals surface area contributed by atoms with E-state index in [9.17, 15) is 9.59 Å². The molecule has 0 aliphatic heterocycles. The molecule has 0 unspecified atom stereocenters. The molecule has 4 heteroatoms. The first-order valence-electron chi connectivity index (χ1n) is 13.4. The fourth-order valence-corrected chi connectivity index (χ4v) is 5.88. The molecule has 0 spiro atoms. The van der Waals surface area contributed by atoms with E-state index in [0.29, 0.717) is 11.5 Å². The van der Waals surface area contributed by atoms with Crippen LogP contribution in [0.15, 0.2) is 72.8 Å². The van der Waals surface area contributed by atoms with E-state index in [2.05, 4.69) is 62.4 Å². The smallest absolute Gasteiger partial charge is 0.308 e. The van der Waals surface area contributed by atoms with Crippen LogP contribution in [0.5, 0.6) is 11.5 Å². The lowest BCUT2D eigenvalue weighted by molar-refractivity contribution is -0.132. The average molecular weight is 527 g/mol. The molecule has 0 amide bonds. The minimum atomic E-state index is -0.356. The minimum Gasteiger partial charge on any atom is -0.425 e. The van der Waals surface area contributed by atoms with Gasteiger partial charge in [-0.1, -0.05) is 82.9 Å². The number of esters is 2. The van der Waals surface area contributed by atoms with E-state index >= 15 is 0 Å². The van der Waals surface area contributed by atoms with Crippen LogP contribution in [0.3, 0.4) is 0 Å². The van der Waals surface area contributed by atoms with E-state index in [1.807, 2.05) is 38.1 Å². The van der Waals surface area contributed by atoms with Crippen LogP contribution >= 0.6 is 0 Å². The Morgan fingerprint density at radius 3 is 1.05 bits per heavy atom. The average Bonchev–Trinajstić information content (AvgIpc) is 2.89. The molecule has 0 heterocycles. The largest absolute Gasteiger partial charge is 0.425 e. The first-order chi connectivity index (χ1) is 19.1. The van der Waals surface area contributed by atoms with Crippen molar-refractivity contribution < 1.29 is 19.1 Å². The van der Waals surface area contributed by atoms with Gasteiger partial charge in [-0.05, 0) is 72.5 Å². The molecule has 40 heavy (non-hydrogen) atoms. The summed E-state index contributed by atoms with van der Waals surface area (Å²) < 4.78 is 11.8. The molecule has 0 aliphatic carbocycles. The molecule has 6 aromatic carbocycles. The summed E-state index contributed by atoms with van der Waals surface area (Å²) in [7, 11) is 0. The molecule has 6 aromatic rings. The fourth-order valence-electron chi connectivity index (χ4n) is 5.88. The molecular weight excluding hydrogens is 496 g/mol. The van der Waals surface area contributed by atoms with Gasteiger partial charge >= 0.3 is 11.9 Å². The zero-order valence-corrected chi connectivity index (χ0v) is 23.6. The monoisotopic (exact) mass is 526 g/mol. The highest BCUT2D eigenvalue weighted by atomic mass is 16.5. The summed E-state index contributed by atoms with van der Waals surface area (Å²) >= 11 is 0. The molecule has 0 atom stereocenters. The number of hydrogen-bond acceptors (Lipinski definition) is 4. The van der Waals surface area contributed by atoms with Gasteiger partial charge in [-0.25, -0.2) is 0 Å². The van der Waals surface area contributed by atoms with E-state index in [1.54, 1.807) is 0 Å². The van der Waals surface area contributed by atoms with E-state index < -0.39 is 0 Å². The van der Waals surface area contributed by atoms with Gasteiger partial charge in [-0.15, -0.1) is 0 Å². The Morgan fingerprint density at radius 2 is 0.725 bits per heavy atom. The third-order valence-electron chi connectivity index (χ3n) is 7.50. The third kappa shape index (κ3) is 4.17. The van der Waals surface area contributed by atoms with E-state index in [-0.39, 0.29) is 11.9 Å².